The molecule has 0 spiro atoms. The fraction of sp³-hybridized carbons (Fsp3) is 0.167. The van der Waals surface area contributed by atoms with Crippen LogP contribution in [0.3, 0.4) is 0 Å². The van der Waals surface area contributed by atoms with Gasteiger partial charge in [0.1, 0.15) is 11.9 Å². The molecule has 0 aliphatic rings. The zero-order valence-corrected chi connectivity index (χ0v) is 10.8. The summed E-state index contributed by atoms with van der Waals surface area (Å²) in [6.45, 7) is 2.07. The molecule has 0 saturated carbocycles. The van der Waals surface area contributed by atoms with Crippen molar-refractivity contribution in [1.82, 2.24) is 19.7 Å². The van der Waals surface area contributed by atoms with Crippen LogP contribution in [0, 0.1) is 0 Å². The van der Waals surface area contributed by atoms with E-state index in [9.17, 15) is 0 Å². The number of aromatic amines is 1. The molecule has 2 heterocycles. The summed E-state index contributed by atoms with van der Waals surface area (Å²) in [5, 5.41) is 4.23. The van der Waals surface area contributed by atoms with Crippen molar-refractivity contribution >= 4 is 27.0 Å². The zero-order chi connectivity index (χ0) is 11.8. The highest BCUT2D eigenvalue weighted by Gasteiger charge is 2.12. The molecule has 1 N–H and O–H groups in total. The highest BCUT2D eigenvalue weighted by Crippen LogP contribution is 2.21. The van der Waals surface area contributed by atoms with Gasteiger partial charge in [-0.25, -0.2) is 4.98 Å². The second-order valence-electron chi connectivity index (χ2n) is 3.95. The molecule has 0 aliphatic carbocycles. The summed E-state index contributed by atoms with van der Waals surface area (Å²) in [5.41, 5.74) is 2.01. The molecule has 0 saturated heterocycles. The lowest BCUT2D eigenvalue weighted by Crippen LogP contribution is -2.08. The smallest absolute Gasteiger partial charge is 0.131 e. The third kappa shape index (κ3) is 1.86. The molecule has 3 aromatic rings. The minimum absolute atomic E-state index is 0.108. The normalized spacial score (nSPS) is 13.1. The average Bonchev–Trinajstić information content (AvgIpc) is 2.96. The Bertz CT molecular complexity index is 642. The maximum Gasteiger partial charge on any atom is 0.131 e. The molecule has 0 radical (unpaired) electrons. The second kappa shape index (κ2) is 4.00. The largest absolute Gasteiger partial charge is 0.340 e. The molecule has 0 fully saturated rings. The van der Waals surface area contributed by atoms with E-state index in [1.165, 1.54) is 0 Å². The molecule has 0 amide bonds. The molecule has 4 nitrogen and oxygen atoms in total. The van der Waals surface area contributed by atoms with Crippen LogP contribution in [0.25, 0.3) is 11.0 Å². The number of fused-ring (bicyclic) bond motifs is 1. The van der Waals surface area contributed by atoms with Gasteiger partial charge in [-0.3, -0.25) is 4.68 Å². The van der Waals surface area contributed by atoms with Gasteiger partial charge in [0.25, 0.3) is 0 Å². The zero-order valence-electron chi connectivity index (χ0n) is 9.26. The molecule has 2 aromatic heterocycles. The molecule has 0 aliphatic heterocycles. The van der Waals surface area contributed by atoms with Crippen molar-refractivity contribution in [3.05, 3.63) is 47.0 Å². The summed E-state index contributed by atoms with van der Waals surface area (Å²) >= 11 is 3.45. The van der Waals surface area contributed by atoms with E-state index in [1.54, 1.807) is 6.20 Å². The first kappa shape index (κ1) is 10.5. The van der Waals surface area contributed by atoms with Gasteiger partial charge < -0.3 is 4.98 Å². The van der Waals surface area contributed by atoms with E-state index in [2.05, 4.69) is 37.9 Å². The number of halogens is 1. The highest BCUT2D eigenvalue weighted by atomic mass is 79.9. The fourth-order valence-electron chi connectivity index (χ4n) is 1.83. The van der Waals surface area contributed by atoms with Crippen LogP contribution < -0.4 is 0 Å². The number of nitrogens with zero attached hydrogens (tertiary/aromatic N) is 3. The van der Waals surface area contributed by atoms with E-state index in [1.807, 2.05) is 35.1 Å². The molecular formula is C12H11BrN4. The quantitative estimate of drug-likeness (QED) is 0.788. The van der Waals surface area contributed by atoms with Crippen LogP contribution in [-0.2, 0) is 0 Å². The number of imidazole rings is 1. The fourth-order valence-corrected chi connectivity index (χ4v) is 2.20. The second-order valence-corrected chi connectivity index (χ2v) is 4.86. The summed E-state index contributed by atoms with van der Waals surface area (Å²) in [6, 6.07) is 8.04. The lowest BCUT2D eigenvalue weighted by Gasteiger charge is -2.08. The number of H-pyrrole nitrogens is 1. The predicted octanol–water partition coefficient (Wildman–Crippen LogP) is 3.13. The van der Waals surface area contributed by atoms with Crippen LogP contribution in [-0.4, -0.2) is 19.7 Å². The number of aromatic nitrogens is 4. The summed E-state index contributed by atoms with van der Waals surface area (Å²) in [6.07, 6.45) is 3.71. The number of hydrogen-bond acceptors (Lipinski definition) is 2. The Morgan fingerprint density at radius 1 is 1.41 bits per heavy atom. The third-order valence-corrected chi connectivity index (χ3v) is 3.27. The Hall–Kier alpha value is -1.62. The highest BCUT2D eigenvalue weighted by molar-refractivity contribution is 9.10. The maximum absolute atomic E-state index is 4.57. The Balaban J connectivity index is 2.06. The molecule has 17 heavy (non-hydrogen) atoms. The van der Waals surface area contributed by atoms with Gasteiger partial charge in [-0.05, 0) is 31.2 Å². The molecule has 1 atom stereocenters. The van der Waals surface area contributed by atoms with E-state index in [0.29, 0.717) is 0 Å². The molecule has 3 rings (SSSR count). The van der Waals surface area contributed by atoms with Gasteiger partial charge >= 0.3 is 0 Å². The standard InChI is InChI=1S/C12H11BrN4/c1-8(17-6-2-5-14-17)12-15-10-4-3-9(13)7-11(10)16-12/h2-8H,1H3,(H,15,16). The Labute approximate surface area is 107 Å². The molecule has 1 unspecified atom stereocenters. The summed E-state index contributed by atoms with van der Waals surface area (Å²) in [5.74, 6) is 0.918. The molecular weight excluding hydrogens is 280 g/mol. The lowest BCUT2D eigenvalue weighted by atomic mass is 10.3. The lowest BCUT2D eigenvalue weighted by molar-refractivity contribution is 0.542. The van der Waals surface area contributed by atoms with Gasteiger partial charge in [0.15, 0.2) is 0 Å². The van der Waals surface area contributed by atoms with Crippen molar-refractivity contribution in [2.24, 2.45) is 0 Å². The van der Waals surface area contributed by atoms with Crippen LogP contribution in [0.5, 0.6) is 0 Å². The predicted molar refractivity (Wildman–Crippen MR) is 69.8 cm³/mol. The number of rotatable bonds is 2. The number of hydrogen-bond donors (Lipinski definition) is 1. The van der Waals surface area contributed by atoms with E-state index in [4.69, 9.17) is 0 Å². The average molecular weight is 291 g/mol. The van der Waals surface area contributed by atoms with Crippen molar-refractivity contribution in [3.8, 4) is 0 Å². The summed E-state index contributed by atoms with van der Waals surface area (Å²) < 4.78 is 2.93. The first-order chi connectivity index (χ1) is 8.24. The Kier molecular flexibility index (Phi) is 2.48. The topological polar surface area (TPSA) is 46.5 Å². The van der Waals surface area contributed by atoms with Gasteiger partial charge in [-0.1, -0.05) is 15.9 Å². The number of benzene rings is 1. The van der Waals surface area contributed by atoms with Crippen molar-refractivity contribution in [1.29, 1.82) is 0 Å². The van der Waals surface area contributed by atoms with Crippen LogP contribution >= 0.6 is 15.9 Å². The summed E-state index contributed by atoms with van der Waals surface area (Å²) in [4.78, 5) is 7.90. The van der Waals surface area contributed by atoms with Crippen molar-refractivity contribution in [3.63, 3.8) is 0 Å². The van der Waals surface area contributed by atoms with Crippen molar-refractivity contribution in [2.45, 2.75) is 13.0 Å². The van der Waals surface area contributed by atoms with Gasteiger partial charge in [0.05, 0.1) is 11.0 Å². The molecule has 86 valence electrons. The van der Waals surface area contributed by atoms with Crippen molar-refractivity contribution < 1.29 is 0 Å². The van der Waals surface area contributed by atoms with Crippen LogP contribution in [0.15, 0.2) is 41.1 Å². The van der Waals surface area contributed by atoms with E-state index in [0.717, 1.165) is 21.3 Å². The van der Waals surface area contributed by atoms with Crippen LogP contribution in [0.4, 0.5) is 0 Å². The van der Waals surface area contributed by atoms with E-state index < -0.39 is 0 Å². The van der Waals surface area contributed by atoms with Gasteiger partial charge in [-0.2, -0.15) is 5.10 Å². The first-order valence-electron chi connectivity index (χ1n) is 5.38. The summed E-state index contributed by atoms with van der Waals surface area (Å²) in [7, 11) is 0. The van der Waals surface area contributed by atoms with E-state index in [-0.39, 0.29) is 6.04 Å². The van der Waals surface area contributed by atoms with Gasteiger partial charge in [0, 0.05) is 16.9 Å². The first-order valence-corrected chi connectivity index (χ1v) is 6.17. The monoisotopic (exact) mass is 290 g/mol. The van der Waals surface area contributed by atoms with E-state index >= 15 is 0 Å². The minimum Gasteiger partial charge on any atom is -0.340 e. The van der Waals surface area contributed by atoms with Crippen molar-refractivity contribution in [2.75, 3.05) is 0 Å². The molecule has 5 heteroatoms. The number of nitrogens with one attached hydrogen (secondary N) is 1. The Morgan fingerprint density at radius 2 is 2.29 bits per heavy atom. The Morgan fingerprint density at radius 3 is 3.06 bits per heavy atom. The SMILES string of the molecule is CC(c1nc2ccc(Br)cc2[nH]1)n1cccn1. The third-order valence-electron chi connectivity index (χ3n) is 2.78. The molecule has 0 bridgehead atoms. The minimum atomic E-state index is 0.108. The van der Waals surface area contributed by atoms with Crippen LogP contribution in [0.2, 0.25) is 0 Å². The molecule has 1 aromatic carbocycles. The van der Waals surface area contributed by atoms with Gasteiger partial charge in [0.2, 0.25) is 0 Å². The van der Waals surface area contributed by atoms with Crippen LogP contribution in [0.1, 0.15) is 18.8 Å². The van der Waals surface area contributed by atoms with Gasteiger partial charge in [-0.15, -0.1) is 0 Å². The maximum atomic E-state index is 4.57.